The van der Waals surface area contributed by atoms with Crippen LogP contribution in [0.3, 0.4) is 0 Å². The lowest BCUT2D eigenvalue weighted by atomic mass is 9.91. The number of rotatable bonds is 7. The monoisotopic (exact) mass is 286 g/mol. The van der Waals surface area contributed by atoms with Gasteiger partial charge in [0.2, 0.25) is 0 Å². The van der Waals surface area contributed by atoms with Gasteiger partial charge in [-0.25, -0.2) is 0 Å². The predicted octanol–water partition coefficient (Wildman–Crippen LogP) is 1.72. The molecule has 0 aromatic rings. The summed E-state index contributed by atoms with van der Waals surface area (Å²) in [5, 5.41) is 12.7. The van der Waals surface area contributed by atoms with E-state index in [1.165, 1.54) is 0 Å². The SMILES string of the molecule is CCC1CN(C(C)CC(C)(NC(C)C)C(=O)O)CCO1. The quantitative estimate of drug-likeness (QED) is 0.746. The Kier molecular flexibility index (Phi) is 6.43. The molecule has 1 heterocycles. The fraction of sp³-hybridized carbons (Fsp3) is 0.933. The first-order valence-electron chi connectivity index (χ1n) is 7.65. The van der Waals surface area contributed by atoms with Gasteiger partial charge in [0, 0.05) is 25.2 Å². The lowest BCUT2D eigenvalue weighted by Gasteiger charge is -2.40. The van der Waals surface area contributed by atoms with Crippen molar-refractivity contribution in [3.8, 4) is 0 Å². The van der Waals surface area contributed by atoms with Crippen molar-refractivity contribution in [1.82, 2.24) is 10.2 Å². The van der Waals surface area contributed by atoms with Crippen molar-refractivity contribution in [2.24, 2.45) is 0 Å². The molecule has 5 nitrogen and oxygen atoms in total. The first kappa shape index (κ1) is 17.4. The first-order valence-corrected chi connectivity index (χ1v) is 7.65. The van der Waals surface area contributed by atoms with Crippen molar-refractivity contribution in [1.29, 1.82) is 0 Å². The van der Waals surface area contributed by atoms with Crippen molar-refractivity contribution >= 4 is 5.97 Å². The summed E-state index contributed by atoms with van der Waals surface area (Å²) in [5.74, 6) is -0.779. The summed E-state index contributed by atoms with van der Waals surface area (Å²) < 4.78 is 5.68. The topological polar surface area (TPSA) is 61.8 Å². The molecule has 118 valence electrons. The molecule has 1 saturated heterocycles. The second-order valence-electron chi connectivity index (χ2n) is 6.39. The number of morpholine rings is 1. The summed E-state index contributed by atoms with van der Waals surface area (Å²) >= 11 is 0. The molecule has 0 radical (unpaired) electrons. The Labute approximate surface area is 122 Å². The third-order valence-corrected chi connectivity index (χ3v) is 4.03. The second kappa shape index (κ2) is 7.38. The van der Waals surface area contributed by atoms with Crippen LogP contribution in [0.2, 0.25) is 0 Å². The Morgan fingerprint density at radius 2 is 2.15 bits per heavy atom. The van der Waals surface area contributed by atoms with E-state index in [1.807, 2.05) is 13.8 Å². The number of carboxylic acid groups (broad SMARTS) is 1. The molecule has 1 aliphatic rings. The summed E-state index contributed by atoms with van der Waals surface area (Å²) in [4.78, 5) is 13.9. The van der Waals surface area contributed by atoms with E-state index >= 15 is 0 Å². The molecule has 20 heavy (non-hydrogen) atoms. The van der Waals surface area contributed by atoms with Crippen molar-refractivity contribution in [2.45, 2.75) is 71.2 Å². The maximum Gasteiger partial charge on any atom is 0.323 e. The standard InChI is InChI=1S/C15H30N2O3/c1-6-13-10-17(7-8-20-13)12(4)9-15(5,14(18)19)16-11(2)3/h11-13,16H,6-10H2,1-5H3,(H,18,19). The minimum absolute atomic E-state index is 0.149. The van der Waals surface area contributed by atoms with Gasteiger partial charge in [0.25, 0.3) is 0 Å². The molecular weight excluding hydrogens is 256 g/mol. The van der Waals surface area contributed by atoms with Crippen LogP contribution < -0.4 is 5.32 Å². The Morgan fingerprint density at radius 1 is 1.50 bits per heavy atom. The zero-order valence-corrected chi connectivity index (χ0v) is 13.5. The average molecular weight is 286 g/mol. The molecule has 1 aliphatic heterocycles. The Morgan fingerprint density at radius 3 is 2.65 bits per heavy atom. The van der Waals surface area contributed by atoms with E-state index in [2.05, 4.69) is 24.1 Å². The number of hydrogen-bond donors (Lipinski definition) is 2. The Hall–Kier alpha value is -0.650. The number of ether oxygens (including phenoxy) is 1. The van der Waals surface area contributed by atoms with Crippen LogP contribution in [0.25, 0.3) is 0 Å². The van der Waals surface area contributed by atoms with Gasteiger partial charge in [0.1, 0.15) is 5.54 Å². The van der Waals surface area contributed by atoms with E-state index in [9.17, 15) is 9.90 Å². The third kappa shape index (κ3) is 4.72. The molecular formula is C15H30N2O3. The zero-order chi connectivity index (χ0) is 15.3. The highest BCUT2D eigenvalue weighted by atomic mass is 16.5. The molecule has 0 aromatic heterocycles. The van der Waals surface area contributed by atoms with E-state index in [1.54, 1.807) is 6.92 Å². The van der Waals surface area contributed by atoms with Crippen molar-refractivity contribution in [2.75, 3.05) is 19.7 Å². The van der Waals surface area contributed by atoms with E-state index < -0.39 is 11.5 Å². The number of hydrogen-bond acceptors (Lipinski definition) is 4. The van der Waals surface area contributed by atoms with Gasteiger partial charge >= 0.3 is 5.97 Å². The largest absolute Gasteiger partial charge is 0.480 e. The van der Waals surface area contributed by atoms with Gasteiger partial charge in [0.15, 0.2) is 0 Å². The normalized spacial score (nSPS) is 25.4. The molecule has 0 amide bonds. The van der Waals surface area contributed by atoms with Gasteiger partial charge in [-0.1, -0.05) is 6.92 Å². The smallest absolute Gasteiger partial charge is 0.323 e. The molecule has 3 unspecified atom stereocenters. The van der Waals surface area contributed by atoms with Crippen LogP contribution in [0.5, 0.6) is 0 Å². The maximum atomic E-state index is 11.6. The summed E-state index contributed by atoms with van der Waals surface area (Å²) in [6.45, 7) is 12.5. The van der Waals surface area contributed by atoms with Crippen LogP contribution in [-0.4, -0.2) is 59.4 Å². The van der Waals surface area contributed by atoms with Crippen LogP contribution in [0.1, 0.15) is 47.5 Å². The summed E-state index contributed by atoms with van der Waals surface area (Å²) in [6.07, 6.45) is 1.88. The van der Waals surface area contributed by atoms with Gasteiger partial charge in [-0.3, -0.25) is 15.0 Å². The highest BCUT2D eigenvalue weighted by Gasteiger charge is 2.37. The Balaban J connectivity index is 2.65. The fourth-order valence-corrected chi connectivity index (χ4v) is 2.95. The highest BCUT2D eigenvalue weighted by molar-refractivity contribution is 5.78. The van der Waals surface area contributed by atoms with E-state index in [0.717, 1.165) is 26.1 Å². The van der Waals surface area contributed by atoms with Crippen LogP contribution in [0, 0.1) is 0 Å². The number of aliphatic carboxylic acids is 1. The van der Waals surface area contributed by atoms with Gasteiger partial charge in [-0.2, -0.15) is 0 Å². The van der Waals surface area contributed by atoms with E-state index in [0.29, 0.717) is 6.42 Å². The number of carbonyl (C=O) groups is 1. The van der Waals surface area contributed by atoms with Crippen molar-refractivity contribution in [3.63, 3.8) is 0 Å². The van der Waals surface area contributed by atoms with Crippen molar-refractivity contribution in [3.05, 3.63) is 0 Å². The highest BCUT2D eigenvalue weighted by Crippen LogP contribution is 2.20. The average Bonchev–Trinajstić information content (AvgIpc) is 2.37. The number of carboxylic acids is 1. The molecule has 3 atom stereocenters. The van der Waals surface area contributed by atoms with Gasteiger partial charge in [-0.05, 0) is 40.5 Å². The lowest BCUT2D eigenvalue weighted by Crippen LogP contribution is -2.57. The lowest BCUT2D eigenvalue weighted by molar-refractivity contribution is -0.145. The second-order valence-corrected chi connectivity index (χ2v) is 6.39. The van der Waals surface area contributed by atoms with Gasteiger partial charge in [0.05, 0.1) is 12.7 Å². The molecule has 1 rings (SSSR count). The summed E-state index contributed by atoms with van der Waals surface area (Å²) in [5.41, 5.74) is -0.881. The molecule has 0 aliphatic carbocycles. The van der Waals surface area contributed by atoms with Crippen LogP contribution in [0.15, 0.2) is 0 Å². The van der Waals surface area contributed by atoms with Crippen LogP contribution >= 0.6 is 0 Å². The fourth-order valence-electron chi connectivity index (χ4n) is 2.95. The maximum absolute atomic E-state index is 11.6. The number of nitrogens with zero attached hydrogens (tertiary/aromatic N) is 1. The molecule has 2 N–H and O–H groups in total. The first-order chi connectivity index (χ1) is 9.28. The third-order valence-electron chi connectivity index (χ3n) is 4.03. The van der Waals surface area contributed by atoms with Gasteiger partial charge < -0.3 is 9.84 Å². The molecule has 0 saturated carbocycles. The zero-order valence-electron chi connectivity index (χ0n) is 13.5. The minimum Gasteiger partial charge on any atom is -0.480 e. The van der Waals surface area contributed by atoms with Crippen LogP contribution in [0.4, 0.5) is 0 Å². The van der Waals surface area contributed by atoms with Crippen molar-refractivity contribution < 1.29 is 14.6 Å². The number of nitrogens with one attached hydrogen (secondary N) is 1. The van der Waals surface area contributed by atoms with E-state index in [-0.39, 0.29) is 18.2 Å². The summed E-state index contributed by atoms with van der Waals surface area (Å²) in [6, 6.07) is 0.372. The Bertz CT molecular complexity index is 322. The van der Waals surface area contributed by atoms with Crippen LogP contribution in [-0.2, 0) is 9.53 Å². The predicted molar refractivity (Wildman–Crippen MR) is 80.0 cm³/mol. The van der Waals surface area contributed by atoms with E-state index in [4.69, 9.17) is 4.74 Å². The summed E-state index contributed by atoms with van der Waals surface area (Å²) in [7, 11) is 0. The molecule has 0 spiro atoms. The molecule has 0 bridgehead atoms. The molecule has 0 aromatic carbocycles. The molecule has 5 heteroatoms. The van der Waals surface area contributed by atoms with Gasteiger partial charge in [-0.15, -0.1) is 0 Å². The molecule has 1 fully saturated rings. The minimum atomic E-state index is -0.881.